The Morgan fingerprint density at radius 1 is 0.825 bits per heavy atom. The van der Waals surface area contributed by atoms with Gasteiger partial charge in [0.2, 0.25) is 0 Å². The van der Waals surface area contributed by atoms with E-state index in [0.717, 1.165) is 38.8 Å². The van der Waals surface area contributed by atoms with Gasteiger partial charge in [0.05, 0.1) is 34.3 Å². The molecule has 3 N–H and O–H groups in total. The quantitative estimate of drug-likeness (QED) is 0.183. The highest BCUT2D eigenvalue weighted by Crippen LogP contribution is 2.31. The van der Waals surface area contributed by atoms with Gasteiger partial charge in [0.15, 0.2) is 5.13 Å². The smallest absolute Gasteiger partial charge is 0.323 e. The molecule has 0 aliphatic heterocycles. The average molecular weight is 552 g/mol. The van der Waals surface area contributed by atoms with Crippen molar-refractivity contribution in [1.29, 1.82) is 0 Å². The number of ether oxygens (including phenoxy) is 1. The van der Waals surface area contributed by atoms with Crippen molar-refractivity contribution in [1.82, 2.24) is 19.9 Å². The summed E-state index contributed by atoms with van der Waals surface area (Å²) >= 11 is 1.60. The van der Waals surface area contributed by atoms with E-state index in [-0.39, 0.29) is 6.01 Å². The van der Waals surface area contributed by atoms with Crippen LogP contribution >= 0.6 is 11.3 Å². The molecule has 0 atom stereocenters. The molecule has 3 aromatic heterocycles. The standard InChI is InChI=1S/C30H29N7O2S/c1-5-31-30-35-17-26(40-30)21-8-10-24(11-9-21)39-29-33-15-23(16-34-29)36-28(38)37-25-12-18(2)14-32-27(25)22-7-6-19(3)20(4)13-22/h6-17H,5H2,1-4H3,(H,31,35)(H2,36,37,38). The fourth-order valence-electron chi connectivity index (χ4n) is 3.93. The zero-order valence-corrected chi connectivity index (χ0v) is 23.5. The third-order valence-electron chi connectivity index (χ3n) is 6.12. The van der Waals surface area contributed by atoms with Crippen LogP contribution in [0.4, 0.5) is 21.3 Å². The maximum atomic E-state index is 12.8. The van der Waals surface area contributed by atoms with Gasteiger partial charge in [0, 0.05) is 24.5 Å². The number of carbonyl (C=O) groups excluding carboxylic acids is 1. The van der Waals surface area contributed by atoms with E-state index in [9.17, 15) is 4.79 Å². The van der Waals surface area contributed by atoms with Gasteiger partial charge in [0.25, 0.3) is 0 Å². The number of carbonyl (C=O) groups is 1. The van der Waals surface area contributed by atoms with Crippen LogP contribution in [-0.4, -0.2) is 32.5 Å². The number of aromatic nitrogens is 4. The molecule has 0 aliphatic rings. The fraction of sp³-hybridized carbons (Fsp3) is 0.167. The first-order valence-electron chi connectivity index (χ1n) is 12.8. The minimum absolute atomic E-state index is 0.172. The Hall–Kier alpha value is -4.83. The van der Waals surface area contributed by atoms with E-state index in [1.54, 1.807) is 17.5 Å². The maximum Gasteiger partial charge on any atom is 0.323 e. The molecule has 40 heavy (non-hydrogen) atoms. The van der Waals surface area contributed by atoms with Crippen LogP contribution in [0.2, 0.25) is 0 Å². The van der Waals surface area contributed by atoms with Gasteiger partial charge in [-0.25, -0.2) is 19.7 Å². The number of pyridine rings is 1. The van der Waals surface area contributed by atoms with Crippen molar-refractivity contribution in [2.75, 3.05) is 22.5 Å². The number of anilines is 3. The van der Waals surface area contributed by atoms with Crippen molar-refractivity contribution in [3.05, 3.63) is 90.0 Å². The molecule has 0 aliphatic carbocycles. The molecular formula is C30H29N7O2S. The van der Waals surface area contributed by atoms with Crippen LogP contribution < -0.4 is 20.7 Å². The number of benzene rings is 2. The molecule has 2 amide bonds. The normalized spacial score (nSPS) is 10.7. The van der Waals surface area contributed by atoms with Crippen LogP contribution in [0.1, 0.15) is 23.6 Å². The summed E-state index contributed by atoms with van der Waals surface area (Å²) in [6.07, 6.45) is 6.63. The van der Waals surface area contributed by atoms with E-state index < -0.39 is 6.03 Å². The van der Waals surface area contributed by atoms with Crippen molar-refractivity contribution >= 4 is 33.9 Å². The average Bonchev–Trinajstić information content (AvgIpc) is 3.41. The highest BCUT2D eigenvalue weighted by Gasteiger charge is 2.13. The van der Waals surface area contributed by atoms with Crippen LogP contribution in [0.3, 0.4) is 0 Å². The lowest BCUT2D eigenvalue weighted by Gasteiger charge is -2.13. The fourth-order valence-corrected chi connectivity index (χ4v) is 4.82. The van der Waals surface area contributed by atoms with E-state index in [0.29, 0.717) is 22.8 Å². The summed E-state index contributed by atoms with van der Waals surface area (Å²) in [5, 5.41) is 9.79. The predicted octanol–water partition coefficient (Wildman–Crippen LogP) is 7.46. The summed E-state index contributed by atoms with van der Waals surface area (Å²) in [4.78, 5) is 31.3. The zero-order chi connectivity index (χ0) is 28.1. The topological polar surface area (TPSA) is 114 Å². The number of amides is 2. The zero-order valence-electron chi connectivity index (χ0n) is 22.6. The minimum atomic E-state index is -0.425. The molecule has 10 heteroatoms. The Morgan fingerprint density at radius 2 is 1.57 bits per heavy atom. The Kier molecular flexibility index (Phi) is 7.97. The van der Waals surface area contributed by atoms with Crippen LogP contribution in [-0.2, 0) is 0 Å². The summed E-state index contributed by atoms with van der Waals surface area (Å²) < 4.78 is 5.78. The largest absolute Gasteiger partial charge is 0.424 e. The van der Waals surface area contributed by atoms with Crippen molar-refractivity contribution in [3.8, 4) is 33.5 Å². The monoisotopic (exact) mass is 551 g/mol. The van der Waals surface area contributed by atoms with E-state index in [1.165, 1.54) is 18.0 Å². The summed E-state index contributed by atoms with van der Waals surface area (Å²) in [6.45, 7) is 8.92. The van der Waals surface area contributed by atoms with E-state index >= 15 is 0 Å². The molecule has 3 heterocycles. The van der Waals surface area contributed by atoms with E-state index in [1.807, 2.05) is 62.5 Å². The first kappa shape index (κ1) is 26.8. The number of urea groups is 1. The van der Waals surface area contributed by atoms with Gasteiger partial charge in [-0.05, 0) is 86.3 Å². The lowest BCUT2D eigenvalue weighted by molar-refractivity contribution is 0.262. The van der Waals surface area contributed by atoms with Crippen LogP contribution in [0.15, 0.2) is 73.3 Å². The SMILES string of the molecule is CCNc1ncc(-c2ccc(Oc3ncc(NC(=O)Nc4cc(C)cnc4-c4ccc(C)c(C)c4)cn3)cc2)s1. The summed E-state index contributed by atoms with van der Waals surface area (Å²) in [7, 11) is 0. The molecule has 0 saturated heterocycles. The molecule has 5 aromatic rings. The number of nitrogens with zero attached hydrogens (tertiary/aromatic N) is 4. The molecule has 0 fully saturated rings. The molecule has 0 radical (unpaired) electrons. The van der Waals surface area contributed by atoms with Gasteiger partial charge < -0.3 is 20.7 Å². The molecule has 9 nitrogen and oxygen atoms in total. The van der Waals surface area contributed by atoms with Gasteiger partial charge in [-0.1, -0.05) is 23.5 Å². The highest BCUT2D eigenvalue weighted by molar-refractivity contribution is 7.18. The Morgan fingerprint density at radius 3 is 2.30 bits per heavy atom. The second-order valence-electron chi connectivity index (χ2n) is 9.23. The molecular weight excluding hydrogens is 522 g/mol. The van der Waals surface area contributed by atoms with Crippen molar-refractivity contribution in [3.63, 3.8) is 0 Å². The van der Waals surface area contributed by atoms with Gasteiger partial charge in [-0.3, -0.25) is 4.98 Å². The van der Waals surface area contributed by atoms with Crippen LogP contribution in [0.25, 0.3) is 21.7 Å². The van der Waals surface area contributed by atoms with Crippen LogP contribution in [0, 0.1) is 20.8 Å². The van der Waals surface area contributed by atoms with E-state index in [4.69, 9.17) is 4.74 Å². The summed E-state index contributed by atoms with van der Waals surface area (Å²) in [6, 6.07) is 15.4. The maximum absolute atomic E-state index is 12.8. The Labute approximate surface area is 236 Å². The van der Waals surface area contributed by atoms with Gasteiger partial charge in [-0.15, -0.1) is 0 Å². The van der Waals surface area contributed by atoms with Gasteiger partial charge >= 0.3 is 12.0 Å². The number of rotatable bonds is 8. The second kappa shape index (κ2) is 11.9. The van der Waals surface area contributed by atoms with E-state index in [2.05, 4.69) is 55.8 Å². The number of thiazole rings is 1. The van der Waals surface area contributed by atoms with Gasteiger partial charge in [-0.2, -0.15) is 0 Å². The Balaban J connectivity index is 1.21. The molecule has 0 saturated carbocycles. The van der Waals surface area contributed by atoms with Gasteiger partial charge in [0.1, 0.15) is 5.75 Å². The third kappa shape index (κ3) is 6.41. The third-order valence-corrected chi connectivity index (χ3v) is 7.12. The summed E-state index contributed by atoms with van der Waals surface area (Å²) in [5.41, 5.74) is 7.00. The molecule has 0 bridgehead atoms. The molecule has 0 spiro atoms. The predicted molar refractivity (Wildman–Crippen MR) is 160 cm³/mol. The molecule has 5 rings (SSSR count). The number of nitrogens with one attached hydrogen (secondary N) is 3. The lowest BCUT2D eigenvalue weighted by atomic mass is 10.0. The summed E-state index contributed by atoms with van der Waals surface area (Å²) in [5.74, 6) is 0.601. The van der Waals surface area contributed by atoms with Crippen molar-refractivity contribution in [2.45, 2.75) is 27.7 Å². The first-order valence-corrected chi connectivity index (χ1v) is 13.6. The molecule has 202 valence electrons. The number of hydrogen-bond acceptors (Lipinski definition) is 8. The second-order valence-corrected chi connectivity index (χ2v) is 10.3. The Bertz CT molecular complexity index is 1630. The number of hydrogen-bond donors (Lipinski definition) is 3. The molecule has 2 aromatic carbocycles. The first-order chi connectivity index (χ1) is 19.4. The minimum Gasteiger partial charge on any atom is -0.424 e. The van der Waals surface area contributed by atoms with Crippen molar-refractivity contribution < 1.29 is 9.53 Å². The molecule has 0 unspecified atom stereocenters. The van der Waals surface area contributed by atoms with Crippen molar-refractivity contribution in [2.24, 2.45) is 0 Å². The van der Waals surface area contributed by atoms with Crippen LogP contribution in [0.5, 0.6) is 11.8 Å². The number of aryl methyl sites for hydroxylation is 3. The lowest BCUT2D eigenvalue weighted by Crippen LogP contribution is -2.20. The highest BCUT2D eigenvalue weighted by atomic mass is 32.1.